The zero-order chi connectivity index (χ0) is 9.14. The van der Waals surface area contributed by atoms with Crippen LogP contribution in [0.1, 0.15) is 5.56 Å². The highest BCUT2D eigenvalue weighted by atomic mass is 16.4. The molecule has 0 spiro atoms. The van der Waals surface area contributed by atoms with Crippen molar-refractivity contribution in [3.63, 3.8) is 0 Å². The quantitative estimate of drug-likeness (QED) is 0.619. The van der Waals surface area contributed by atoms with Gasteiger partial charge in [-0.15, -0.1) is 0 Å². The molecule has 1 aromatic heterocycles. The Morgan fingerprint density at radius 2 is 2.33 bits per heavy atom. The van der Waals surface area contributed by atoms with Crippen LogP contribution >= 0.6 is 0 Å². The molecule has 0 fully saturated rings. The predicted octanol–water partition coefficient (Wildman–Crippen LogP) is -0.563. The zero-order valence-electron chi connectivity index (χ0n) is 6.10. The number of aliphatic carboxylic acids is 1. The summed E-state index contributed by atoms with van der Waals surface area (Å²) in [6, 6.07) is -0.730. The van der Waals surface area contributed by atoms with Gasteiger partial charge in [0, 0.05) is 11.8 Å². The molecule has 1 aromatic rings. The summed E-state index contributed by atoms with van der Waals surface area (Å²) in [4.78, 5) is 20.7. The van der Waals surface area contributed by atoms with Crippen molar-refractivity contribution in [2.24, 2.45) is 5.73 Å². The van der Waals surface area contributed by atoms with E-state index in [0.29, 0.717) is 5.56 Å². The number of amides is 1. The maximum atomic E-state index is 10.5. The molecule has 1 amide bonds. The van der Waals surface area contributed by atoms with Gasteiger partial charge in [0.1, 0.15) is 0 Å². The summed E-state index contributed by atoms with van der Waals surface area (Å²) in [5.41, 5.74) is 5.32. The third kappa shape index (κ3) is 1.82. The van der Waals surface area contributed by atoms with E-state index >= 15 is 0 Å². The molecule has 1 rings (SSSR count). The average Bonchev–Trinajstić information content (AvgIpc) is 2.34. The predicted molar refractivity (Wildman–Crippen MR) is 38.5 cm³/mol. The number of nitrogens with two attached hydrogens (primary N) is 1. The smallest absolute Gasteiger partial charge is 0.339 e. The normalized spacial score (nSPS) is 9.67. The number of aromatic nitrogens is 2. The average molecular weight is 169 g/mol. The summed E-state index contributed by atoms with van der Waals surface area (Å²) in [6.45, 7) is 0. The van der Waals surface area contributed by atoms with Gasteiger partial charge in [-0.1, -0.05) is 0 Å². The first kappa shape index (κ1) is 8.25. The summed E-state index contributed by atoms with van der Waals surface area (Å²) < 4.78 is 0.887. The second kappa shape index (κ2) is 3.04. The van der Waals surface area contributed by atoms with Crippen LogP contribution in [0.2, 0.25) is 0 Å². The van der Waals surface area contributed by atoms with E-state index in [0.717, 1.165) is 4.68 Å². The van der Waals surface area contributed by atoms with Crippen molar-refractivity contribution < 1.29 is 14.7 Å². The largest absolute Gasteiger partial charge is 0.481 e. The minimum Gasteiger partial charge on any atom is -0.481 e. The lowest BCUT2D eigenvalue weighted by Crippen LogP contribution is -2.19. The summed E-state index contributed by atoms with van der Waals surface area (Å²) >= 11 is 0. The van der Waals surface area contributed by atoms with Gasteiger partial charge in [-0.25, -0.2) is 4.79 Å². The van der Waals surface area contributed by atoms with Crippen molar-refractivity contribution in [3.8, 4) is 0 Å². The highest BCUT2D eigenvalue weighted by molar-refractivity contribution is 5.74. The monoisotopic (exact) mass is 169 g/mol. The number of carbonyl (C=O) groups is 2. The van der Waals surface area contributed by atoms with Crippen LogP contribution in [-0.4, -0.2) is 26.9 Å². The van der Waals surface area contributed by atoms with E-state index in [1.165, 1.54) is 12.4 Å². The van der Waals surface area contributed by atoms with E-state index in [9.17, 15) is 9.59 Å². The lowest BCUT2D eigenvalue weighted by atomic mass is 10.3. The third-order valence-electron chi connectivity index (χ3n) is 1.22. The molecule has 12 heavy (non-hydrogen) atoms. The Bertz CT molecular complexity index is 318. The minimum absolute atomic E-state index is 0.159. The van der Waals surface area contributed by atoms with Gasteiger partial charge >= 0.3 is 12.0 Å². The Kier molecular flexibility index (Phi) is 2.09. The molecule has 0 saturated heterocycles. The van der Waals surface area contributed by atoms with Crippen LogP contribution in [0, 0.1) is 0 Å². The Morgan fingerprint density at radius 3 is 2.75 bits per heavy atom. The van der Waals surface area contributed by atoms with Gasteiger partial charge in [-0.3, -0.25) is 4.79 Å². The highest BCUT2D eigenvalue weighted by Crippen LogP contribution is 1.97. The zero-order valence-corrected chi connectivity index (χ0v) is 6.10. The second-order valence-electron chi connectivity index (χ2n) is 2.20. The maximum Gasteiger partial charge on any atom is 0.339 e. The molecule has 64 valence electrons. The van der Waals surface area contributed by atoms with Gasteiger partial charge in [-0.05, 0) is 0 Å². The van der Waals surface area contributed by atoms with Gasteiger partial charge in [0.25, 0.3) is 0 Å². The first-order chi connectivity index (χ1) is 5.59. The molecule has 0 aliphatic heterocycles. The molecule has 0 aliphatic carbocycles. The van der Waals surface area contributed by atoms with E-state index in [4.69, 9.17) is 10.8 Å². The van der Waals surface area contributed by atoms with Gasteiger partial charge < -0.3 is 10.8 Å². The van der Waals surface area contributed by atoms with Crippen molar-refractivity contribution in [1.82, 2.24) is 9.78 Å². The second-order valence-corrected chi connectivity index (χ2v) is 2.20. The molecule has 0 unspecified atom stereocenters. The van der Waals surface area contributed by atoms with Crippen molar-refractivity contribution in [3.05, 3.63) is 18.0 Å². The lowest BCUT2D eigenvalue weighted by Gasteiger charge is -1.89. The molecule has 1 heterocycles. The van der Waals surface area contributed by atoms with Crippen LogP contribution in [0.3, 0.4) is 0 Å². The Morgan fingerprint density at radius 1 is 1.67 bits per heavy atom. The molecular formula is C6H7N3O3. The summed E-state index contributed by atoms with van der Waals surface area (Å²) in [7, 11) is 0. The summed E-state index contributed by atoms with van der Waals surface area (Å²) in [5, 5.41) is 11.9. The van der Waals surface area contributed by atoms with E-state index in [1.807, 2.05) is 0 Å². The minimum atomic E-state index is -0.973. The fourth-order valence-electron chi connectivity index (χ4n) is 0.747. The molecule has 0 atom stereocenters. The summed E-state index contributed by atoms with van der Waals surface area (Å²) in [5.74, 6) is -0.973. The van der Waals surface area contributed by atoms with Crippen LogP contribution in [0.25, 0.3) is 0 Å². The van der Waals surface area contributed by atoms with Crippen molar-refractivity contribution in [2.45, 2.75) is 6.42 Å². The van der Waals surface area contributed by atoms with Crippen molar-refractivity contribution in [2.75, 3.05) is 0 Å². The lowest BCUT2D eigenvalue weighted by molar-refractivity contribution is -0.136. The molecule has 6 heteroatoms. The Labute approximate surface area is 67.6 Å². The van der Waals surface area contributed by atoms with Gasteiger partial charge in [-0.2, -0.15) is 9.78 Å². The van der Waals surface area contributed by atoms with Crippen molar-refractivity contribution >= 4 is 12.0 Å². The first-order valence-electron chi connectivity index (χ1n) is 3.14. The highest BCUT2D eigenvalue weighted by Gasteiger charge is 2.05. The molecule has 0 aromatic carbocycles. The molecule has 0 bridgehead atoms. The molecule has 0 radical (unpaired) electrons. The topological polar surface area (TPSA) is 98.2 Å². The van der Waals surface area contributed by atoms with Gasteiger partial charge in [0.15, 0.2) is 0 Å². The van der Waals surface area contributed by atoms with Crippen LogP contribution in [0.4, 0.5) is 4.79 Å². The third-order valence-corrected chi connectivity index (χ3v) is 1.22. The number of carboxylic acids is 1. The first-order valence-corrected chi connectivity index (χ1v) is 3.14. The maximum absolute atomic E-state index is 10.5. The Hall–Kier alpha value is -1.85. The van der Waals surface area contributed by atoms with Crippen LogP contribution in [0.5, 0.6) is 0 Å². The van der Waals surface area contributed by atoms with Crippen LogP contribution < -0.4 is 5.73 Å². The fourth-order valence-corrected chi connectivity index (χ4v) is 0.747. The molecular weight excluding hydrogens is 162 g/mol. The molecule has 3 N–H and O–H groups in total. The fraction of sp³-hybridized carbons (Fsp3) is 0.167. The van der Waals surface area contributed by atoms with Crippen LogP contribution in [0.15, 0.2) is 12.4 Å². The number of rotatable bonds is 2. The van der Waals surface area contributed by atoms with Crippen LogP contribution in [-0.2, 0) is 11.2 Å². The molecule has 0 aliphatic rings. The number of carbonyl (C=O) groups excluding carboxylic acids is 1. The number of hydrogen-bond acceptors (Lipinski definition) is 3. The molecule has 6 nitrogen and oxygen atoms in total. The number of nitrogens with zero attached hydrogens (tertiary/aromatic N) is 2. The van der Waals surface area contributed by atoms with E-state index in [2.05, 4.69) is 5.10 Å². The van der Waals surface area contributed by atoms with E-state index < -0.39 is 12.0 Å². The summed E-state index contributed by atoms with van der Waals surface area (Å²) in [6.07, 6.45) is 2.42. The Balaban J connectivity index is 2.77. The van der Waals surface area contributed by atoms with Crippen molar-refractivity contribution in [1.29, 1.82) is 0 Å². The number of primary amides is 1. The van der Waals surface area contributed by atoms with Gasteiger partial charge in [0.2, 0.25) is 0 Å². The standard InChI is InChI=1S/C6H7N3O3/c7-6(12)9-3-4(2-8-9)1-5(10)11/h2-3H,1H2,(H2,7,12)(H,10,11). The van der Waals surface area contributed by atoms with Gasteiger partial charge in [0.05, 0.1) is 12.6 Å². The number of hydrogen-bond donors (Lipinski definition) is 2. The SMILES string of the molecule is NC(=O)n1cc(CC(=O)O)cn1. The van der Waals surface area contributed by atoms with E-state index in [1.54, 1.807) is 0 Å². The number of carboxylic acid groups (broad SMARTS) is 1. The van der Waals surface area contributed by atoms with E-state index in [-0.39, 0.29) is 6.42 Å². The molecule has 0 saturated carbocycles.